The molecule has 0 aliphatic heterocycles. The van der Waals surface area contributed by atoms with Gasteiger partial charge >= 0.3 is 0 Å². The maximum atomic E-state index is 9.64. The molecule has 0 aromatic carbocycles. The van der Waals surface area contributed by atoms with E-state index in [1.807, 2.05) is 13.8 Å². The first-order chi connectivity index (χ1) is 5.85. The summed E-state index contributed by atoms with van der Waals surface area (Å²) in [6, 6.07) is 0. The fourth-order valence-corrected chi connectivity index (χ4v) is 1.34. The van der Waals surface area contributed by atoms with Crippen LogP contribution in [0.1, 0.15) is 41.0 Å². The van der Waals surface area contributed by atoms with Crippen LogP contribution in [0.4, 0.5) is 0 Å². The van der Waals surface area contributed by atoms with E-state index in [0.29, 0.717) is 0 Å². The van der Waals surface area contributed by atoms with Crippen molar-refractivity contribution in [2.75, 3.05) is 19.6 Å². The van der Waals surface area contributed by atoms with Crippen molar-refractivity contribution >= 4 is 0 Å². The molecule has 0 unspecified atom stereocenters. The van der Waals surface area contributed by atoms with Gasteiger partial charge in [-0.15, -0.1) is 0 Å². The topological polar surface area (TPSA) is 23.5 Å². The Balaban J connectivity index is 3.76. The molecule has 0 heterocycles. The molecule has 2 heteroatoms. The highest BCUT2D eigenvalue weighted by molar-refractivity contribution is 4.71. The molecule has 0 atom stereocenters. The first-order valence-corrected chi connectivity index (χ1v) is 5.30. The molecule has 0 bridgehead atoms. The highest BCUT2D eigenvalue weighted by atomic mass is 16.3. The molecule has 80 valence electrons. The third kappa shape index (κ3) is 8.26. The van der Waals surface area contributed by atoms with Crippen LogP contribution in [-0.2, 0) is 0 Å². The Morgan fingerprint density at radius 2 is 1.85 bits per heavy atom. The first kappa shape index (κ1) is 12.9. The van der Waals surface area contributed by atoms with Crippen LogP contribution in [0.5, 0.6) is 0 Å². The van der Waals surface area contributed by atoms with Crippen molar-refractivity contribution in [1.82, 2.24) is 4.90 Å². The normalized spacial score (nSPS) is 12.9. The molecule has 0 spiro atoms. The molecule has 0 aromatic rings. The standard InChI is InChI=1S/C11H25NO/c1-6-12(8-7-10(2)3)9-11(4,5)13/h10,13H,6-9H2,1-5H3. The molecule has 2 nitrogen and oxygen atoms in total. The Morgan fingerprint density at radius 1 is 1.31 bits per heavy atom. The summed E-state index contributed by atoms with van der Waals surface area (Å²) in [6.07, 6.45) is 1.21. The largest absolute Gasteiger partial charge is 0.389 e. The van der Waals surface area contributed by atoms with Gasteiger partial charge in [0.05, 0.1) is 5.60 Å². The predicted octanol–water partition coefficient (Wildman–Crippen LogP) is 2.13. The summed E-state index contributed by atoms with van der Waals surface area (Å²) >= 11 is 0. The summed E-state index contributed by atoms with van der Waals surface area (Å²) in [5, 5.41) is 9.64. The number of nitrogens with zero attached hydrogens (tertiary/aromatic N) is 1. The highest BCUT2D eigenvalue weighted by Crippen LogP contribution is 2.07. The summed E-state index contributed by atoms with van der Waals surface area (Å²) in [5.74, 6) is 0.746. The highest BCUT2D eigenvalue weighted by Gasteiger charge is 2.16. The molecule has 0 rings (SSSR count). The average molecular weight is 187 g/mol. The Kier molecular flexibility index (Phi) is 5.57. The molecule has 1 N–H and O–H groups in total. The van der Waals surface area contributed by atoms with Gasteiger partial charge in [-0.3, -0.25) is 0 Å². The van der Waals surface area contributed by atoms with Gasteiger partial charge in [-0.1, -0.05) is 20.8 Å². The van der Waals surface area contributed by atoms with E-state index >= 15 is 0 Å². The van der Waals surface area contributed by atoms with Crippen molar-refractivity contribution in [2.45, 2.75) is 46.6 Å². The fraction of sp³-hybridized carbons (Fsp3) is 1.00. The Labute approximate surface area is 82.9 Å². The second-order valence-electron chi connectivity index (χ2n) is 4.86. The molecule has 13 heavy (non-hydrogen) atoms. The van der Waals surface area contributed by atoms with E-state index in [0.717, 1.165) is 25.6 Å². The molecule has 0 fully saturated rings. The van der Waals surface area contributed by atoms with Crippen LogP contribution < -0.4 is 0 Å². The zero-order chi connectivity index (χ0) is 10.5. The second-order valence-corrected chi connectivity index (χ2v) is 4.86. The van der Waals surface area contributed by atoms with E-state index in [9.17, 15) is 5.11 Å². The van der Waals surface area contributed by atoms with E-state index < -0.39 is 5.60 Å². The van der Waals surface area contributed by atoms with Gasteiger partial charge in [0, 0.05) is 6.54 Å². The molecule has 0 amide bonds. The van der Waals surface area contributed by atoms with Crippen molar-refractivity contribution in [3.05, 3.63) is 0 Å². The summed E-state index contributed by atoms with van der Waals surface area (Å²) in [7, 11) is 0. The number of hydrogen-bond donors (Lipinski definition) is 1. The molecule has 0 aliphatic rings. The van der Waals surface area contributed by atoms with Crippen LogP contribution >= 0.6 is 0 Å². The van der Waals surface area contributed by atoms with Crippen molar-refractivity contribution in [1.29, 1.82) is 0 Å². The monoisotopic (exact) mass is 187 g/mol. The molecular formula is C11H25NO. The van der Waals surface area contributed by atoms with Gasteiger partial charge in [-0.25, -0.2) is 0 Å². The maximum absolute atomic E-state index is 9.64. The van der Waals surface area contributed by atoms with Crippen LogP contribution in [0.25, 0.3) is 0 Å². The smallest absolute Gasteiger partial charge is 0.0718 e. The molecule has 0 saturated heterocycles. The van der Waals surface area contributed by atoms with Crippen LogP contribution in [-0.4, -0.2) is 35.2 Å². The van der Waals surface area contributed by atoms with Gasteiger partial charge in [0.2, 0.25) is 0 Å². The van der Waals surface area contributed by atoms with Gasteiger partial charge < -0.3 is 10.0 Å². The minimum absolute atomic E-state index is 0.563. The van der Waals surface area contributed by atoms with Crippen molar-refractivity contribution < 1.29 is 5.11 Å². The van der Waals surface area contributed by atoms with Crippen LogP contribution in [0.3, 0.4) is 0 Å². The summed E-state index contributed by atoms with van der Waals surface area (Å²) in [6.45, 7) is 13.2. The van der Waals surface area contributed by atoms with E-state index in [1.54, 1.807) is 0 Å². The number of likely N-dealkylation sites (N-methyl/N-ethyl adjacent to an activating group) is 1. The van der Waals surface area contributed by atoms with Crippen LogP contribution in [0.2, 0.25) is 0 Å². The molecule has 0 saturated carbocycles. The lowest BCUT2D eigenvalue weighted by atomic mass is 10.1. The zero-order valence-electron chi connectivity index (χ0n) is 9.80. The van der Waals surface area contributed by atoms with Gasteiger partial charge in [0.25, 0.3) is 0 Å². The van der Waals surface area contributed by atoms with Crippen molar-refractivity contribution in [3.63, 3.8) is 0 Å². The Morgan fingerprint density at radius 3 is 2.15 bits per heavy atom. The quantitative estimate of drug-likeness (QED) is 0.688. The Hall–Kier alpha value is -0.0800. The van der Waals surface area contributed by atoms with Gasteiger partial charge in [0.15, 0.2) is 0 Å². The molecule has 0 aliphatic carbocycles. The minimum Gasteiger partial charge on any atom is -0.389 e. The summed E-state index contributed by atoms with van der Waals surface area (Å²) in [5.41, 5.74) is -0.563. The summed E-state index contributed by atoms with van der Waals surface area (Å²) < 4.78 is 0. The van der Waals surface area contributed by atoms with Gasteiger partial charge in [-0.05, 0) is 39.3 Å². The van der Waals surface area contributed by atoms with E-state index in [1.165, 1.54) is 6.42 Å². The third-order valence-corrected chi connectivity index (χ3v) is 2.08. The molecule has 0 radical (unpaired) electrons. The third-order valence-electron chi connectivity index (χ3n) is 2.08. The average Bonchev–Trinajstić information content (AvgIpc) is 1.95. The lowest BCUT2D eigenvalue weighted by Crippen LogP contribution is -2.39. The summed E-state index contributed by atoms with van der Waals surface area (Å²) in [4.78, 5) is 2.31. The van der Waals surface area contributed by atoms with Crippen molar-refractivity contribution in [3.8, 4) is 0 Å². The minimum atomic E-state index is -0.563. The van der Waals surface area contributed by atoms with Gasteiger partial charge in [-0.2, -0.15) is 0 Å². The SMILES string of the molecule is CCN(CCC(C)C)CC(C)(C)O. The van der Waals surface area contributed by atoms with Crippen LogP contribution in [0, 0.1) is 5.92 Å². The van der Waals surface area contributed by atoms with E-state index in [4.69, 9.17) is 0 Å². The van der Waals surface area contributed by atoms with Gasteiger partial charge in [0.1, 0.15) is 0 Å². The lowest BCUT2D eigenvalue weighted by molar-refractivity contribution is 0.0365. The van der Waals surface area contributed by atoms with Crippen LogP contribution in [0.15, 0.2) is 0 Å². The number of aliphatic hydroxyl groups is 1. The molecular weight excluding hydrogens is 162 g/mol. The van der Waals surface area contributed by atoms with E-state index in [-0.39, 0.29) is 0 Å². The second kappa shape index (κ2) is 5.61. The number of hydrogen-bond acceptors (Lipinski definition) is 2. The first-order valence-electron chi connectivity index (χ1n) is 5.30. The zero-order valence-corrected chi connectivity index (χ0v) is 9.80. The molecule has 0 aromatic heterocycles. The fourth-order valence-electron chi connectivity index (χ4n) is 1.34. The Bertz CT molecular complexity index is 127. The number of rotatable bonds is 6. The predicted molar refractivity (Wildman–Crippen MR) is 57.9 cm³/mol. The van der Waals surface area contributed by atoms with E-state index in [2.05, 4.69) is 25.7 Å². The lowest BCUT2D eigenvalue weighted by Gasteiger charge is -2.28. The maximum Gasteiger partial charge on any atom is 0.0718 e. The van der Waals surface area contributed by atoms with Crippen molar-refractivity contribution in [2.24, 2.45) is 5.92 Å².